The van der Waals surface area contributed by atoms with Crippen molar-refractivity contribution in [1.29, 1.82) is 0 Å². The smallest absolute Gasteiger partial charge is 0.373 e. The number of benzene rings is 3. The second-order valence-corrected chi connectivity index (χ2v) is 8.62. The Balaban J connectivity index is 1.45. The van der Waals surface area contributed by atoms with Crippen molar-refractivity contribution in [3.05, 3.63) is 106 Å². The number of nitrogens with zero attached hydrogens (tertiary/aromatic N) is 1. The van der Waals surface area contributed by atoms with Gasteiger partial charge in [0.05, 0.1) is 13.7 Å². The molecule has 0 bridgehead atoms. The maximum absolute atomic E-state index is 13.2. The number of urea groups is 1. The molecule has 9 heteroatoms. The highest BCUT2D eigenvalue weighted by Gasteiger charge is 2.34. The predicted octanol–water partition coefficient (Wildman–Crippen LogP) is 5.54. The van der Waals surface area contributed by atoms with Crippen LogP contribution in [0, 0.1) is 0 Å². The van der Waals surface area contributed by atoms with Crippen LogP contribution in [0.3, 0.4) is 0 Å². The summed E-state index contributed by atoms with van der Waals surface area (Å²) in [5.41, 5.74) is 1.54. The first-order chi connectivity index (χ1) is 17.9. The summed E-state index contributed by atoms with van der Waals surface area (Å²) in [6, 6.07) is 21.1. The summed E-state index contributed by atoms with van der Waals surface area (Å²) >= 11 is 6.28. The average Bonchev–Trinajstić information content (AvgIpc) is 3.49. The summed E-state index contributed by atoms with van der Waals surface area (Å²) in [6.07, 6.45) is 1.60. The number of ether oxygens (including phenoxy) is 2. The maximum Gasteiger partial charge on any atom is 0.373 e. The van der Waals surface area contributed by atoms with E-state index < -0.39 is 17.9 Å². The van der Waals surface area contributed by atoms with Crippen LogP contribution in [0.5, 0.6) is 5.75 Å². The molecule has 5 rings (SSSR count). The minimum absolute atomic E-state index is 0.0172. The van der Waals surface area contributed by atoms with Crippen molar-refractivity contribution < 1.29 is 28.3 Å². The second-order valence-electron chi connectivity index (χ2n) is 8.22. The minimum Gasteiger partial charge on any atom is -0.488 e. The summed E-state index contributed by atoms with van der Waals surface area (Å²) in [4.78, 5) is 38.5. The van der Waals surface area contributed by atoms with E-state index in [0.29, 0.717) is 16.3 Å². The molecular weight excluding hydrogens is 496 g/mol. The molecule has 8 nitrogen and oxygen atoms in total. The van der Waals surface area contributed by atoms with Gasteiger partial charge >= 0.3 is 12.0 Å². The first kappa shape index (κ1) is 24.1. The number of imide groups is 1. The van der Waals surface area contributed by atoms with Crippen molar-refractivity contribution in [2.24, 2.45) is 0 Å². The van der Waals surface area contributed by atoms with Crippen molar-refractivity contribution in [3.63, 3.8) is 0 Å². The number of carbonyl (C=O) groups excluding carboxylic acids is 3. The Bertz CT molecular complexity index is 1560. The summed E-state index contributed by atoms with van der Waals surface area (Å²) in [5, 5.41) is 5.01. The molecule has 37 heavy (non-hydrogen) atoms. The van der Waals surface area contributed by atoms with E-state index in [1.807, 2.05) is 54.6 Å². The minimum atomic E-state index is -0.649. The third-order valence-corrected chi connectivity index (χ3v) is 6.25. The quantitative estimate of drug-likeness (QED) is 0.197. The predicted molar refractivity (Wildman–Crippen MR) is 137 cm³/mol. The number of methoxy groups -OCH3 is 1. The number of esters is 1. The van der Waals surface area contributed by atoms with E-state index in [-0.39, 0.29) is 30.4 Å². The van der Waals surface area contributed by atoms with Crippen molar-refractivity contribution in [1.82, 2.24) is 10.2 Å². The van der Waals surface area contributed by atoms with Gasteiger partial charge in [0.1, 0.15) is 23.8 Å². The molecular formula is C28H21ClN2O6. The van der Waals surface area contributed by atoms with Crippen molar-refractivity contribution in [3.8, 4) is 5.75 Å². The van der Waals surface area contributed by atoms with Gasteiger partial charge in [-0.1, -0.05) is 60.1 Å². The molecule has 0 spiro atoms. The lowest BCUT2D eigenvalue weighted by molar-refractivity contribution is -0.123. The van der Waals surface area contributed by atoms with Gasteiger partial charge in [-0.15, -0.1) is 0 Å². The van der Waals surface area contributed by atoms with Crippen LogP contribution in [-0.4, -0.2) is 29.9 Å². The number of rotatable bonds is 7. The molecule has 0 atom stereocenters. The molecule has 2 heterocycles. The number of hydrogen-bond donors (Lipinski definition) is 1. The molecule has 0 aliphatic carbocycles. The first-order valence-electron chi connectivity index (χ1n) is 11.3. The summed E-state index contributed by atoms with van der Waals surface area (Å²) in [7, 11) is 1.23. The van der Waals surface area contributed by atoms with Crippen LogP contribution in [0.2, 0.25) is 5.02 Å². The standard InChI is InChI=1S/C28H21ClN2O6/c1-35-27(33)25-13-11-19(37-25)15-31-26(32)23(30-28(31)34)14-21-20-8-4-2-6-17(20)10-12-24(21)36-16-18-7-3-5-9-22(18)29/h2-14H,15-16H2,1H3,(H,30,34)/b23-14-. The molecule has 1 N–H and O–H groups in total. The van der Waals surface area contributed by atoms with Gasteiger partial charge in [0.25, 0.3) is 5.91 Å². The lowest BCUT2D eigenvalue weighted by Crippen LogP contribution is -2.30. The zero-order chi connectivity index (χ0) is 25.9. The highest BCUT2D eigenvalue weighted by Crippen LogP contribution is 2.32. The Morgan fingerprint density at radius 3 is 2.62 bits per heavy atom. The van der Waals surface area contributed by atoms with Crippen molar-refractivity contribution in [2.75, 3.05) is 7.11 Å². The van der Waals surface area contributed by atoms with Crippen LogP contribution in [0.4, 0.5) is 4.79 Å². The number of fused-ring (bicyclic) bond motifs is 1. The van der Waals surface area contributed by atoms with E-state index in [1.165, 1.54) is 19.2 Å². The van der Waals surface area contributed by atoms with Gasteiger partial charge in [-0.25, -0.2) is 9.59 Å². The Morgan fingerprint density at radius 2 is 1.81 bits per heavy atom. The maximum atomic E-state index is 13.2. The number of hydrogen-bond acceptors (Lipinski definition) is 6. The van der Waals surface area contributed by atoms with Crippen LogP contribution in [0.1, 0.15) is 27.4 Å². The van der Waals surface area contributed by atoms with Crippen molar-refractivity contribution in [2.45, 2.75) is 13.2 Å². The molecule has 1 saturated heterocycles. The Labute approximate surface area is 217 Å². The van der Waals surface area contributed by atoms with E-state index in [1.54, 1.807) is 12.1 Å². The van der Waals surface area contributed by atoms with Gasteiger partial charge in [-0.05, 0) is 41.1 Å². The molecule has 3 amide bonds. The van der Waals surface area contributed by atoms with Crippen molar-refractivity contribution >= 4 is 46.4 Å². The lowest BCUT2D eigenvalue weighted by atomic mass is 10.0. The van der Waals surface area contributed by atoms with Gasteiger partial charge < -0.3 is 19.2 Å². The van der Waals surface area contributed by atoms with Gasteiger partial charge in [0.2, 0.25) is 5.76 Å². The molecule has 0 unspecified atom stereocenters. The van der Waals surface area contributed by atoms with E-state index in [0.717, 1.165) is 21.2 Å². The molecule has 1 aliphatic heterocycles. The van der Waals surface area contributed by atoms with Crippen LogP contribution in [0.15, 0.2) is 82.9 Å². The fourth-order valence-electron chi connectivity index (χ4n) is 4.01. The third-order valence-electron chi connectivity index (χ3n) is 5.88. The van der Waals surface area contributed by atoms with Crippen LogP contribution in [0.25, 0.3) is 16.8 Å². The highest BCUT2D eigenvalue weighted by atomic mass is 35.5. The van der Waals surface area contributed by atoms with E-state index in [4.69, 9.17) is 20.8 Å². The largest absolute Gasteiger partial charge is 0.488 e. The molecule has 0 radical (unpaired) electrons. The molecule has 1 fully saturated rings. The van der Waals surface area contributed by atoms with Crippen LogP contribution < -0.4 is 10.1 Å². The zero-order valence-electron chi connectivity index (χ0n) is 19.7. The van der Waals surface area contributed by atoms with Gasteiger partial charge in [-0.2, -0.15) is 0 Å². The van der Waals surface area contributed by atoms with Gasteiger partial charge in [-0.3, -0.25) is 9.69 Å². The molecule has 186 valence electrons. The average molecular weight is 517 g/mol. The van der Waals surface area contributed by atoms with E-state index >= 15 is 0 Å². The number of amides is 3. The van der Waals surface area contributed by atoms with Gasteiger partial charge in [0, 0.05) is 16.1 Å². The fourth-order valence-corrected chi connectivity index (χ4v) is 4.20. The van der Waals surface area contributed by atoms with E-state index in [2.05, 4.69) is 10.1 Å². The number of halogens is 1. The lowest BCUT2D eigenvalue weighted by Gasteiger charge is -2.13. The number of carbonyl (C=O) groups is 3. The van der Waals surface area contributed by atoms with Crippen LogP contribution >= 0.6 is 11.6 Å². The summed E-state index contributed by atoms with van der Waals surface area (Å²) in [5.74, 6) is -0.411. The van der Waals surface area contributed by atoms with E-state index in [9.17, 15) is 14.4 Å². The molecule has 4 aromatic rings. The molecule has 1 aliphatic rings. The highest BCUT2D eigenvalue weighted by molar-refractivity contribution is 6.31. The Hall–Kier alpha value is -4.56. The summed E-state index contributed by atoms with van der Waals surface area (Å²) in [6.45, 7) is 0.0754. The van der Waals surface area contributed by atoms with Crippen LogP contribution in [-0.2, 0) is 22.7 Å². The number of nitrogens with one attached hydrogen (secondary N) is 1. The fraction of sp³-hybridized carbons (Fsp3) is 0.107. The zero-order valence-corrected chi connectivity index (χ0v) is 20.5. The second kappa shape index (κ2) is 10.2. The molecule has 3 aromatic carbocycles. The Morgan fingerprint density at radius 1 is 1.03 bits per heavy atom. The topological polar surface area (TPSA) is 98.1 Å². The first-order valence-corrected chi connectivity index (χ1v) is 11.7. The Kier molecular flexibility index (Phi) is 6.66. The normalized spacial score (nSPS) is 14.3. The SMILES string of the molecule is COC(=O)c1ccc(CN2C(=O)N/C(=C\c3c(OCc4ccccc4Cl)ccc4ccccc34)C2=O)o1. The molecule has 1 aromatic heterocycles. The molecule has 0 saturated carbocycles. The third kappa shape index (κ3) is 4.92. The van der Waals surface area contributed by atoms with Gasteiger partial charge in [0.15, 0.2) is 0 Å². The monoisotopic (exact) mass is 516 g/mol. The number of furan rings is 1. The summed E-state index contributed by atoms with van der Waals surface area (Å²) < 4.78 is 16.2.